The van der Waals surface area contributed by atoms with Crippen molar-refractivity contribution in [3.05, 3.63) is 50.7 Å². The van der Waals surface area contributed by atoms with Crippen molar-refractivity contribution in [1.29, 1.82) is 0 Å². The maximum Gasteiger partial charge on any atom is 0.371 e. The minimum absolute atomic E-state index is 0.00706. The average molecular weight is 349 g/mol. The first-order valence-corrected chi connectivity index (χ1v) is 6.63. The number of hydrogen-bond acceptors (Lipinski definition) is 5. The molecule has 2 aliphatic heterocycles. The predicted octanol–water partition coefficient (Wildman–Crippen LogP) is 2.14. The van der Waals surface area contributed by atoms with Gasteiger partial charge in [0, 0.05) is 12.1 Å². The number of nitrogens with zero attached hydrogens (tertiary/aromatic N) is 5. The Morgan fingerprint density at radius 2 is 2.19 bits per heavy atom. The Morgan fingerprint density at radius 1 is 1.38 bits per heavy atom. The number of fused-ring (bicyclic) bond motifs is 1. The van der Waals surface area contributed by atoms with E-state index in [9.17, 15) is 14.9 Å². The number of benzene rings is 1. The van der Waals surface area contributed by atoms with Crippen molar-refractivity contribution in [1.82, 2.24) is 10.2 Å². The summed E-state index contributed by atoms with van der Waals surface area (Å²) < 4.78 is 0.599. The molecule has 0 aliphatic carbocycles. The molecule has 0 bridgehead atoms. The van der Waals surface area contributed by atoms with E-state index in [4.69, 9.17) is 0 Å². The van der Waals surface area contributed by atoms with Gasteiger partial charge in [-0.15, -0.1) is 0 Å². The number of carbonyl (C=O) groups excluding carboxylic acids is 1. The van der Waals surface area contributed by atoms with Crippen LogP contribution in [-0.4, -0.2) is 27.5 Å². The number of urea groups is 1. The van der Waals surface area contributed by atoms with Crippen LogP contribution in [-0.2, 0) is 6.54 Å². The van der Waals surface area contributed by atoms with Crippen LogP contribution in [0.2, 0.25) is 0 Å². The fraction of sp³-hybridized carbons (Fsp3) is 0.0833. The van der Waals surface area contributed by atoms with Crippen LogP contribution in [0.3, 0.4) is 0 Å². The first kappa shape index (κ1) is 13.4. The van der Waals surface area contributed by atoms with E-state index in [1.54, 1.807) is 17.0 Å². The predicted molar refractivity (Wildman–Crippen MR) is 78.0 cm³/mol. The quantitative estimate of drug-likeness (QED) is 0.474. The smallest absolute Gasteiger partial charge is 0.311 e. The van der Waals surface area contributed by atoms with E-state index in [2.05, 4.69) is 31.2 Å². The molecule has 0 fully saturated rings. The highest BCUT2D eigenvalue weighted by atomic mass is 79.9. The summed E-state index contributed by atoms with van der Waals surface area (Å²) in [7, 11) is 0. The van der Waals surface area contributed by atoms with E-state index >= 15 is 0 Å². The summed E-state index contributed by atoms with van der Waals surface area (Å²) in [6.07, 6.45) is 1.51. The maximum atomic E-state index is 11.3. The molecule has 0 atom stereocenters. The van der Waals surface area contributed by atoms with Crippen molar-refractivity contribution in [3.63, 3.8) is 0 Å². The fourth-order valence-electron chi connectivity index (χ4n) is 1.96. The van der Waals surface area contributed by atoms with Crippen LogP contribution in [0.15, 0.2) is 45.1 Å². The number of non-ortho nitro benzene ring substituents is 1. The van der Waals surface area contributed by atoms with Crippen LogP contribution in [0.4, 0.5) is 10.5 Å². The minimum Gasteiger partial charge on any atom is -0.311 e. The van der Waals surface area contributed by atoms with Crippen LogP contribution in [0.5, 0.6) is 0 Å². The second-order valence-electron chi connectivity index (χ2n) is 4.25. The second-order valence-corrected chi connectivity index (χ2v) is 5.06. The van der Waals surface area contributed by atoms with Gasteiger partial charge >= 0.3 is 6.03 Å². The Morgan fingerprint density at radius 3 is 2.95 bits per heavy atom. The Bertz CT molecular complexity index is 740. The second kappa shape index (κ2) is 5.09. The number of amides is 2. The zero-order valence-corrected chi connectivity index (χ0v) is 12.0. The largest absolute Gasteiger partial charge is 0.371 e. The number of hydrogen-bond donors (Lipinski definition) is 0. The average Bonchev–Trinajstić information content (AvgIpc) is 2.83. The molecule has 9 heteroatoms. The minimum atomic E-state index is -0.608. The lowest BCUT2D eigenvalue weighted by Crippen LogP contribution is -2.36. The van der Waals surface area contributed by atoms with E-state index in [1.165, 1.54) is 18.3 Å². The van der Waals surface area contributed by atoms with Gasteiger partial charge in [0.2, 0.25) is 5.84 Å². The number of halogens is 1. The molecule has 0 N–H and O–H groups in total. The molecular formula is C12H7BrN5O3. The normalized spacial score (nSPS) is 16.7. The molecule has 2 aliphatic rings. The first-order chi connectivity index (χ1) is 10.0. The number of rotatable bonds is 3. The third-order valence-electron chi connectivity index (χ3n) is 2.87. The molecule has 21 heavy (non-hydrogen) atoms. The van der Waals surface area contributed by atoms with Crippen molar-refractivity contribution < 1.29 is 9.72 Å². The summed E-state index contributed by atoms with van der Waals surface area (Å²) >= 11 is 3.33. The molecule has 0 saturated heterocycles. The van der Waals surface area contributed by atoms with Gasteiger partial charge in [-0.2, -0.15) is 10.3 Å². The van der Waals surface area contributed by atoms with E-state index in [-0.39, 0.29) is 11.5 Å². The molecule has 0 unspecified atom stereocenters. The summed E-state index contributed by atoms with van der Waals surface area (Å²) in [5.41, 5.74) is 0.713. The summed E-state index contributed by atoms with van der Waals surface area (Å²) in [4.78, 5) is 31.1. The lowest BCUT2D eigenvalue weighted by molar-refractivity contribution is -0.384. The SMILES string of the molecule is O=C1[N]C2=NC=C(Br)N(Cc3cccc([N+](=O)[O-])c3)C2=N1. The molecule has 2 amide bonds. The number of nitro groups is 1. The van der Waals surface area contributed by atoms with E-state index in [0.717, 1.165) is 0 Å². The number of carbonyl (C=O) groups is 1. The van der Waals surface area contributed by atoms with Crippen molar-refractivity contribution in [2.45, 2.75) is 6.54 Å². The van der Waals surface area contributed by atoms with Gasteiger partial charge in [0.25, 0.3) is 5.69 Å². The van der Waals surface area contributed by atoms with E-state index in [1.807, 2.05) is 0 Å². The Balaban J connectivity index is 1.90. The molecule has 105 valence electrons. The zero-order valence-electron chi connectivity index (χ0n) is 10.4. The molecule has 1 radical (unpaired) electrons. The molecule has 8 nitrogen and oxygen atoms in total. The third kappa shape index (κ3) is 2.55. The molecular weight excluding hydrogens is 342 g/mol. The standard InChI is InChI=1S/C12H7BrN5O3/c13-9-5-14-10-11(16-12(19)15-10)17(9)6-7-2-1-3-8(4-7)18(20)21/h1-5H,6H2. The van der Waals surface area contributed by atoms with Gasteiger partial charge in [0.05, 0.1) is 17.7 Å². The monoisotopic (exact) mass is 348 g/mol. The van der Waals surface area contributed by atoms with Gasteiger partial charge in [-0.3, -0.25) is 10.1 Å². The highest BCUT2D eigenvalue weighted by molar-refractivity contribution is 9.11. The van der Waals surface area contributed by atoms with Crippen molar-refractivity contribution in [2.75, 3.05) is 0 Å². The number of nitro benzene ring substituents is 1. The Hall–Kier alpha value is -2.55. The molecule has 1 aromatic rings. The van der Waals surface area contributed by atoms with Crippen LogP contribution in [0, 0.1) is 10.1 Å². The van der Waals surface area contributed by atoms with Crippen molar-refractivity contribution in [2.24, 2.45) is 9.98 Å². The molecule has 2 heterocycles. The van der Waals surface area contributed by atoms with Gasteiger partial charge in [0.1, 0.15) is 4.61 Å². The van der Waals surface area contributed by atoms with Crippen molar-refractivity contribution in [3.8, 4) is 0 Å². The third-order valence-corrected chi connectivity index (χ3v) is 3.50. The van der Waals surface area contributed by atoms with Gasteiger partial charge in [-0.1, -0.05) is 12.1 Å². The summed E-state index contributed by atoms with van der Waals surface area (Å²) in [6, 6.07) is 5.65. The van der Waals surface area contributed by atoms with Crippen LogP contribution in [0.1, 0.15) is 5.56 Å². The molecule has 1 aromatic carbocycles. The van der Waals surface area contributed by atoms with E-state index < -0.39 is 11.0 Å². The van der Waals surface area contributed by atoms with Gasteiger partial charge in [-0.05, 0) is 21.5 Å². The summed E-state index contributed by atoms with van der Waals surface area (Å²) in [6.45, 7) is 0.305. The molecule has 0 spiro atoms. The van der Waals surface area contributed by atoms with Gasteiger partial charge in [0.15, 0.2) is 5.84 Å². The van der Waals surface area contributed by atoms with Gasteiger partial charge in [-0.25, -0.2) is 9.79 Å². The highest BCUT2D eigenvalue weighted by Gasteiger charge is 2.32. The molecule has 0 saturated carbocycles. The lowest BCUT2D eigenvalue weighted by atomic mass is 10.2. The van der Waals surface area contributed by atoms with Gasteiger partial charge < -0.3 is 4.90 Å². The molecule has 0 aromatic heterocycles. The van der Waals surface area contributed by atoms with Crippen LogP contribution in [0.25, 0.3) is 0 Å². The summed E-state index contributed by atoms with van der Waals surface area (Å²) in [5, 5.41) is 14.5. The fourth-order valence-corrected chi connectivity index (χ4v) is 2.36. The number of aliphatic imine (C=N–C) groups is 2. The topological polar surface area (TPSA) is 102 Å². The lowest BCUT2D eigenvalue weighted by Gasteiger charge is -2.25. The van der Waals surface area contributed by atoms with E-state index in [0.29, 0.717) is 22.6 Å². The molecule has 3 rings (SSSR count). The van der Waals surface area contributed by atoms with Crippen LogP contribution < -0.4 is 5.32 Å². The Kier molecular flexibility index (Phi) is 3.26. The summed E-state index contributed by atoms with van der Waals surface area (Å²) in [5.74, 6) is 0.578. The first-order valence-electron chi connectivity index (χ1n) is 5.84. The maximum absolute atomic E-state index is 11.3. The number of amidine groups is 2. The van der Waals surface area contributed by atoms with Crippen LogP contribution >= 0.6 is 15.9 Å². The Labute approximate surface area is 127 Å². The van der Waals surface area contributed by atoms with Crippen molar-refractivity contribution >= 4 is 39.3 Å². The highest BCUT2D eigenvalue weighted by Crippen LogP contribution is 2.24. The zero-order chi connectivity index (χ0) is 15.0.